The van der Waals surface area contributed by atoms with Gasteiger partial charge < -0.3 is 23.7 Å². The third-order valence-electron chi connectivity index (χ3n) is 13.6. The van der Waals surface area contributed by atoms with Gasteiger partial charge in [-0.15, -0.1) is 0 Å². The molecule has 0 amide bonds. The second-order valence-electron chi connectivity index (χ2n) is 20.0. The molecule has 1 atom stereocenters. The Labute approximate surface area is 734 Å². The summed E-state index contributed by atoms with van der Waals surface area (Å²) in [6.45, 7) is 1.67. The number of benzene rings is 9. The minimum absolute atomic E-state index is 0.00802. The molecule has 2 heterocycles. The lowest BCUT2D eigenvalue weighted by Crippen LogP contribution is -2.26. The average Bonchev–Trinajstić information content (AvgIpc) is 0.953. The number of ether oxygens (including phenoxy) is 5. The lowest BCUT2D eigenvalue weighted by atomic mass is 10.2. The van der Waals surface area contributed by atoms with Crippen LogP contribution in [0.3, 0.4) is 0 Å². The van der Waals surface area contributed by atoms with Gasteiger partial charge in [0, 0.05) is 87.0 Å². The Morgan fingerprint density at radius 3 is 0.937 bits per heavy atom. The van der Waals surface area contributed by atoms with Crippen LogP contribution in [0.25, 0.3) is 0 Å². The van der Waals surface area contributed by atoms with Crippen LogP contribution in [0.5, 0.6) is 23.0 Å². The molecule has 0 aromatic heterocycles. The summed E-state index contributed by atoms with van der Waals surface area (Å²) in [5.74, 6) is 8.35. The zero-order valence-corrected chi connectivity index (χ0v) is 80.1. The minimum Gasteiger partial charge on any atom is -0.423 e. The molecule has 9 aromatic carbocycles. The Morgan fingerprint density at radius 1 is 0.347 bits per heavy atom. The van der Waals surface area contributed by atoms with Crippen LogP contribution in [0.1, 0.15) is 41.4 Å². The van der Waals surface area contributed by atoms with Gasteiger partial charge in [-0.05, 0) is 429 Å². The first-order valence-corrected chi connectivity index (χ1v) is 49.0. The summed E-state index contributed by atoms with van der Waals surface area (Å²) in [7, 11) is 0.817. The van der Waals surface area contributed by atoms with Gasteiger partial charge >= 0.3 is 23.9 Å². The first kappa shape index (κ1) is 82.0. The van der Waals surface area contributed by atoms with Crippen LogP contribution in [0.4, 0.5) is 0 Å². The summed E-state index contributed by atoms with van der Waals surface area (Å²) in [5, 5.41) is 0. The Kier molecular flexibility index (Phi) is 35.6. The summed E-state index contributed by atoms with van der Waals surface area (Å²) in [6, 6.07) is 57.7. The van der Waals surface area contributed by atoms with E-state index in [2.05, 4.69) is 338 Å². The maximum absolute atomic E-state index is 12.6. The predicted octanol–water partition coefficient (Wildman–Crippen LogP) is 21.5. The number of thioether (sulfide) groups is 1. The predicted molar refractivity (Wildman–Crippen MR) is 497 cm³/mol. The van der Waals surface area contributed by atoms with Gasteiger partial charge in [-0.1, -0.05) is 18.2 Å². The van der Waals surface area contributed by atoms with Crippen molar-refractivity contribution in [1.29, 1.82) is 0 Å². The molecule has 2 aliphatic heterocycles. The van der Waals surface area contributed by atoms with Crippen molar-refractivity contribution < 1.29 is 42.9 Å². The molecule has 9 aromatic rings. The van der Waals surface area contributed by atoms with E-state index in [0.29, 0.717) is 56.1 Å². The summed E-state index contributed by atoms with van der Waals surface area (Å²) in [5.41, 5.74) is 2.55. The lowest BCUT2D eigenvalue weighted by Gasteiger charge is -2.14. The molecule has 0 spiro atoms. The number of carbonyl (C=O) groups is 4. The van der Waals surface area contributed by atoms with Crippen LogP contribution in [-0.2, 0) is 48.3 Å². The van der Waals surface area contributed by atoms with Crippen LogP contribution in [0.15, 0.2) is 200 Å². The molecule has 0 aliphatic carbocycles. The van der Waals surface area contributed by atoms with Crippen molar-refractivity contribution in [3.8, 4) is 23.0 Å². The number of halogens is 12. The number of hydrogen-bond donors (Lipinski definition) is 0. The van der Waals surface area contributed by atoms with Crippen LogP contribution < -0.4 is 18.9 Å². The molecule has 2 aliphatic rings. The highest BCUT2D eigenvalue weighted by atomic mass is 127. The largest absolute Gasteiger partial charge is 0.423 e. The maximum Gasteiger partial charge on any atom is 0.345 e. The molecule has 494 valence electrons. The van der Waals surface area contributed by atoms with Crippen molar-refractivity contribution in [1.82, 2.24) is 0 Å². The van der Waals surface area contributed by atoms with E-state index in [1.807, 2.05) is 139 Å². The molecular weight excluding hydrogens is 2660 g/mol. The molecule has 1 unspecified atom stereocenters. The Balaban J connectivity index is 0.000000163. The van der Waals surface area contributed by atoms with Crippen LogP contribution in [0.2, 0.25) is 0 Å². The van der Waals surface area contributed by atoms with E-state index in [9.17, 15) is 19.2 Å². The summed E-state index contributed by atoms with van der Waals surface area (Å²) >= 11 is 28.5. The molecule has 0 N–H and O–H groups in total. The highest BCUT2D eigenvalue weighted by Crippen LogP contribution is 2.33. The van der Waals surface area contributed by atoms with E-state index in [1.54, 1.807) is 0 Å². The molecule has 26 heteroatoms. The Bertz CT molecular complexity index is 4020. The van der Waals surface area contributed by atoms with E-state index in [4.69, 9.17) is 23.7 Å². The normalized spacial score (nSPS) is 13.3. The second kappa shape index (κ2) is 41.3. The molecule has 95 heavy (non-hydrogen) atoms. The third kappa shape index (κ3) is 24.2. The van der Waals surface area contributed by atoms with Crippen molar-refractivity contribution in [2.24, 2.45) is 0 Å². The second-order valence-corrected chi connectivity index (χ2v) is 43.4. The van der Waals surface area contributed by atoms with Gasteiger partial charge in [0.05, 0.1) is 46.4 Å². The molecule has 2 fully saturated rings. The van der Waals surface area contributed by atoms with Gasteiger partial charge in [-0.2, -0.15) is 11.8 Å². The number of carbonyl (C=O) groups excluding carboxylic acids is 4. The quantitative estimate of drug-likeness (QED) is 0.0363. The maximum atomic E-state index is 12.6. The molecule has 0 radical (unpaired) electrons. The third-order valence-corrected chi connectivity index (χ3v) is 38.7. The van der Waals surface area contributed by atoms with Crippen molar-refractivity contribution in [2.75, 3.05) is 66.5 Å². The Hall–Kier alpha value is 1.33. The van der Waals surface area contributed by atoms with Crippen LogP contribution in [-0.4, -0.2) is 90.4 Å². The monoisotopic (exact) mass is 2710 g/mol. The first-order chi connectivity index (χ1) is 45.5. The van der Waals surface area contributed by atoms with E-state index < -0.39 is 0 Å². The van der Waals surface area contributed by atoms with Crippen LogP contribution in [0, 0.1) is 42.8 Å². The lowest BCUT2D eigenvalue weighted by molar-refractivity contribution is 0.0722. The van der Waals surface area contributed by atoms with Crippen molar-refractivity contribution in [3.05, 3.63) is 241 Å². The van der Waals surface area contributed by atoms with Gasteiger partial charge in [0.2, 0.25) is 0 Å². The highest BCUT2D eigenvalue weighted by Gasteiger charge is 2.29. The molecule has 2 saturated heterocycles. The fourth-order valence-corrected chi connectivity index (χ4v) is 25.8. The van der Waals surface area contributed by atoms with Gasteiger partial charge in [0.1, 0.15) is 64.8 Å². The van der Waals surface area contributed by atoms with E-state index in [-0.39, 0.29) is 56.6 Å². The summed E-state index contributed by atoms with van der Waals surface area (Å²) in [6.07, 6.45) is 6.53. The van der Waals surface area contributed by atoms with Gasteiger partial charge in [0.25, 0.3) is 0 Å². The minimum atomic E-state index is -0.316. The van der Waals surface area contributed by atoms with E-state index in [1.165, 1.54) is 47.5 Å². The Morgan fingerprint density at radius 2 is 0.621 bits per heavy atom. The van der Waals surface area contributed by atoms with Gasteiger partial charge in [-0.3, -0.25) is 0 Å². The standard InChI is InChI=1S/C20H14I3O2S.C17H14I3O3S.C17H14I3O2S2.C15H12I3O2S/c1-26(14-5-3-2-4-6-14)15-9-7-13(8-10-15)25-20(24)18-16(21)11-12-17(22)19(18)23;18-13-5-6-14(19)16(20)15(13)17(21)23-11-1-3-12(4-2-11)24-9-7-22-8-10-24;18-13-5-6-14(19)16(20)15(13)17(21)22-11-1-3-12(4-2-11)24-9-7-23-8-10-24;1-21(2)10-5-3-9(4-6-10)20-15(19)13-11(16)7-8-12(17)14(13)18/h2-12H,1H3;2*1-6H,7-10H2;3-8H,1-2H3/q4*+1. The van der Waals surface area contributed by atoms with Gasteiger partial charge in [0.15, 0.2) is 24.5 Å². The summed E-state index contributed by atoms with van der Waals surface area (Å²) < 4.78 is 39.3. The molecular formula is C69H54I12O9S5+4. The fourth-order valence-electron chi connectivity index (χ4n) is 8.66. The molecule has 9 nitrogen and oxygen atoms in total. The zero-order valence-electron chi connectivity index (χ0n) is 50.2. The van der Waals surface area contributed by atoms with Crippen LogP contribution >= 0.6 is 283 Å². The molecule has 11 rings (SSSR count). The van der Waals surface area contributed by atoms with Crippen molar-refractivity contribution in [2.45, 2.75) is 24.5 Å². The van der Waals surface area contributed by atoms with Crippen molar-refractivity contribution in [3.63, 3.8) is 0 Å². The van der Waals surface area contributed by atoms with Crippen molar-refractivity contribution >= 4 is 350 Å². The van der Waals surface area contributed by atoms with E-state index >= 15 is 0 Å². The smallest absolute Gasteiger partial charge is 0.345 e. The highest BCUT2D eigenvalue weighted by molar-refractivity contribution is 14.1. The topological polar surface area (TPSA) is 114 Å². The fraction of sp³-hybridized carbons (Fsp3) is 0.159. The number of hydrogen-bond acceptors (Lipinski definition) is 10. The number of esters is 4. The molecule has 0 bridgehead atoms. The van der Waals surface area contributed by atoms with Gasteiger partial charge in [-0.25, -0.2) is 19.2 Å². The summed E-state index contributed by atoms with van der Waals surface area (Å²) in [4.78, 5) is 56.6. The SMILES string of the molecule is C[S+](C)c1ccc(OC(=O)c2c(I)ccc(I)c2I)cc1.C[S+](c1ccccc1)c1ccc(OC(=O)c2c(I)ccc(I)c2I)cc1.O=C(Oc1ccc([S+]2CCOCC2)cc1)c1c(I)ccc(I)c1I.O=C(Oc1ccc([S+]2CCSCC2)cc1)c1c(I)ccc(I)c1I. The first-order valence-electron chi connectivity index (χ1n) is 28.1. The average molecular weight is 2710 g/mol. The number of rotatable bonds is 13. The zero-order chi connectivity index (χ0) is 68.5. The molecule has 0 saturated carbocycles. The van der Waals surface area contributed by atoms with E-state index in [0.717, 1.165) is 67.6 Å².